The van der Waals surface area contributed by atoms with Crippen molar-refractivity contribution in [1.29, 1.82) is 0 Å². The van der Waals surface area contributed by atoms with E-state index in [4.69, 9.17) is 0 Å². The van der Waals surface area contributed by atoms with Crippen molar-refractivity contribution in [2.75, 3.05) is 54.4 Å². The minimum Gasteiger partial charge on any atom is -0.328 e. The quantitative estimate of drug-likeness (QED) is 0.0459. The first-order valence-corrected chi connectivity index (χ1v) is 22.0. The highest BCUT2D eigenvalue weighted by Gasteiger charge is 2.15. The van der Waals surface area contributed by atoms with E-state index in [2.05, 4.69) is 42.0 Å². The molecule has 0 aromatic heterocycles. The Balaban J connectivity index is 3.45. The maximum absolute atomic E-state index is 2.47. The molecule has 0 aliphatic carbocycles. The monoisotopic (exact) mass is 651 g/mol. The van der Waals surface area contributed by atoms with Crippen molar-refractivity contribution in [3.8, 4) is 0 Å². The molecule has 0 aliphatic heterocycles. The second-order valence-electron chi connectivity index (χ2n) is 17.1. The van der Waals surface area contributed by atoms with Crippen molar-refractivity contribution in [3.05, 3.63) is 0 Å². The number of hydrogen-bond donors (Lipinski definition) is 0. The van der Waals surface area contributed by atoms with E-state index >= 15 is 0 Å². The molecule has 0 rings (SSSR count). The molecule has 0 aromatic carbocycles. The van der Waals surface area contributed by atoms with Gasteiger partial charge in [-0.05, 0) is 51.4 Å². The van der Waals surface area contributed by atoms with Crippen LogP contribution in [0, 0.1) is 0 Å². The van der Waals surface area contributed by atoms with Gasteiger partial charge in [0.15, 0.2) is 0 Å². The van der Waals surface area contributed by atoms with Crippen LogP contribution in [-0.4, -0.2) is 63.3 Å². The average molecular weight is 651 g/mol. The molecule has 0 bridgehead atoms. The third kappa shape index (κ3) is 36.8. The number of quaternary nitrogens is 2. The van der Waals surface area contributed by atoms with Crippen LogP contribution < -0.4 is 0 Å². The molecule has 0 amide bonds. The van der Waals surface area contributed by atoms with E-state index in [1.165, 1.54) is 253 Å². The van der Waals surface area contributed by atoms with E-state index < -0.39 is 0 Å². The molecular weight excluding hydrogens is 556 g/mol. The van der Waals surface area contributed by atoms with Crippen LogP contribution in [0.5, 0.6) is 0 Å². The number of rotatable bonds is 39. The van der Waals surface area contributed by atoms with Crippen molar-refractivity contribution >= 4 is 0 Å². The topological polar surface area (TPSA) is 0 Å². The Morgan fingerprint density at radius 3 is 0.478 bits per heavy atom. The summed E-state index contributed by atoms with van der Waals surface area (Å²) in [4.78, 5) is 0. The molecule has 0 saturated carbocycles. The van der Waals surface area contributed by atoms with Crippen LogP contribution in [0.4, 0.5) is 0 Å². The molecule has 2 nitrogen and oxygen atoms in total. The fourth-order valence-electron chi connectivity index (χ4n) is 7.48. The Morgan fingerprint density at radius 2 is 0.326 bits per heavy atom. The summed E-state index contributed by atoms with van der Waals surface area (Å²) in [6.45, 7) is 10.1. The zero-order valence-corrected chi connectivity index (χ0v) is 33.8. The molecule has 46 heavy (non-hydrogen) atoms. The van der Waals surface area contributed by atoms with Gasteiger partial charge in [0, 0.05) is 0 Å². The lowest BCUT2D eigenvalue weighted by atomic mass is 10.0. The van der Waals surface area contributed by atoms with Gasteiger partial charge in [0.05, 0.1) is 54.4 Å². The molecule has 0 fully saturated rings. The van der Waals surface area contributed by atoms with Crippen LogP contribution in [0.25, 0.3) is 0 Å². The van der Waals surface area contributed by atoms with Gasteiger partial charge in [0.1, 0.15) is 0 Å². The average Bonchev–Trinajstić information content (AvgIpc) is 3.02. The molecule has 0 atom stereocenters. The molecule has 2 heteroatoms. The first-order chi connectivity index (χ1) is 22.3. The smallest absolute Gasteiger partial charge is 0.0782 e. The number of hydrogen-bond acceptors (Lipinski definition) is 0. The van der Waals surface area contributed by atoms with E-state index in [0.717, 1.165) is 0 Å². The van der Waals surface area contributed by atoms with E-state index in [1.807, 2.05) is 0 Å². The van der Waals surface area contributed by atoms with E-state index in [1.54, 1.807) is 0 Å². The van der Waals surface area contributed by atoms with E-state index in [-0.39, 0.29) is 0 Å². The summed E-state index contributed by atoms with van der Waals surface area (Å²) in [6, 6.07) is 0. The second-order valence-corrected chi connectivity index (χ2v) is 17.1. The molecule has 0 unspecified atom stereocenters. The van der Waals surface area contributed by atoms with Crippen LogP contribution in [0.15, 0.2) is 0 Å². The predicted octanol–water partition coefficient (Wildman–Crippen LogP) is 14.4. The summed E-state index contributed by atoms with van der Waals surface area (Å²) >= 11 is 0. The van der Waals surface area contributed by atoms with E-state index in [9.17, 15) is 0 Å². The zero-order chi connectivity index (χ0) is 33.9. The van der Waals surface area contributed by atoms with Crippen molar-refractivity contribution in [2.24, 2.45) is 0 Å². The highest BCUT2D eigenvalue weighted by Crippen LogP contribution is 2.16. The summed E-state index contributed by atoms with van der Waals surface area (Å²) in [5.41, 5.74) is 0. The maximum Gasteiger partial charge on any atom is 0.0782 e. The van der Waals surface area contributed by atoms with Crippen LogP contribution in [0.3, 0.4) is 0 Å². The third-order valence-corrected chi connectivity index (χ3v) is 11.0. The Morgan fingerprint density at radius 1 is 0.196 bits per heavy atom. The predicted molar refractivity (Wildman–Crippen MR) is 212 cm³/mol. The van der Waals surface area contributed by atoms with Gasteiger partial charge in [-0.3, -0.25) is 0 Å². The van der Waals surface area contributed by atoms with Crippen molar-refractivity contribution in [1.82, 2.24) is 0 Å². The summed E-state index contributed by atoms with van der Waals surface area (Å²) in [7, 11) is 9.89. The summed E-state index contributed by atoms with van der Waals surface area (Å²) in [5, 5.41) is 0. The van der Waals surface area contributed by atoms with Gasteiger partial charge >= 0.3 is 0 Å². The molecule has 0 heterocycles. The molecule has 0 saturated heterocycles. The first-order valence-electron chi connectivity index (χ1n) is 22.0. The van der Waals surface area contributed by atoms with Crippen molar-refractivity contribution < 1.29 is 8.97 Å². The van der Waals surface area contributed by atoms with Gasteiger partial charge < -0.3 is 8.97 Å². The van der Waals surface area contributed by atoms with Gasteiger partial charge in [-0.1, -0.05) is 181 Å². The van der Waals surface area contributed by atoms with Gasteiger partial charge in [0.25, 0.3) is 0 Å². The fraction of sp³-hybridized carbons (Fsp3) is 1.00. The number of unbranched alkanes of at least 4 members (excludes halogenated alkanes) is 31. The van der Waals surface area contributed by atoms with Gasteiger partial charge in [-0.25, -0.2) is 0 Å². The molecule has 278 valence electrons. The summed E-state index contributed by atoms with van der Waals surface area (Å²) in [5.74, 6) is 0. The SMILES string of the molecule is CCCCCCCCCCCCCCCC[N+](C)(C)CCCCCCCC[N+](C)(C)CCCCCCCCCCCCCCCC. The van der Waals surface area contributed by atoms with Gasteiger partial charge in [-0.15, -0.1) is 0 Å². The fourth-order valence-corrected chi connectivity index (χ4v) is 7.48. The largest absolute Gasteiger partial charge is 0.328 e. The Kier molecular flexibility index (Phi) is 34.7. The third-order valence-electron chi connectivity index (χ3n) is 11.0. The van der Waals surface area contributed by atoms with Gasteiger partial charge in [0.2, 0.25) is 0 Å². The normalized spacial score (nSPS) is 12.4. The zero-order valence-electron chi connectivity index (χ0n) is 33.8. The second kappa shape index (κ2) is 34.8. The van der Waals surface area contributed by atoms with Crippen LogP contribution in [0.1, 0.15) is 232 Å². The highest BCUT2D eigenvalue weighted by atomic mass is 15.3. The van der Waals surface area contributed by atoms with Crippen LogP contribution in [0.2, 0.25) is 0 Å². The molecule has 0 aliphatic rings. The Hall–Kier alpha value is -0.0800. The molecule has 0 spiro atoms. The lowest BCUT2D eigenvalue weighted by Gasteiger charge is -2.30. The van der Waals surface area contributed by atoms with Crippen molar-refractivity contribution in [2.45, 2.75) is 232 Å². The van der Waals surface area contributed by atoms with Crippen LogP contribution >= 0.6 is 0 Å². The number of nitrogens with zero attached hydrogens (tertiary/aromatic N) is 2. The van der Waals surface area contributed by atoms with Crippen LogP contribution in [-0.2, 0) is 0 Å². The molecule has 0 N–H and O–H groups in total. The summed E-state index contributed by atoms with van der Waals surface area (Å²) in [6.07, 6.45) is 49.5. The highest BCUT2D eigenvalue weighted by molar-refractivity contribution is 4.52. The minimum absolute atomic E-state index is 1.24. The Labute approximate surface area is 294 Å². The maximum atomic E-state index is 2.47. The molecule has 0 radical (unpaired) electrons. The summed E-state index contributed by atoms with van der Waals surface area (Å²) < 4.78 is 2.48. The minimum atomic E-state index is 1.24. The molecular formula is C44H94N2+2. The van der Waals surface area contributed by atoms with Crippen molar-refractivity contribution in [3.63, 3.8) is 0 Å². The molecule has 0 aromatic rings. The first kappa shape index (κ1) is 45.9. The Bertz CT molecular complexity index is 518. The lowest BCUT2D eigenvalue weighted by molar-refractivity contribution is -0.890. The standard InChI is InChI=1S/C44H94N2/c1-7-9-11-13-15-17-19-21-23-25-27-29-33-37-41-45(3,4)43-39-35-31-32-36-40-44-46(5,6)42-38-34-30-28-26-24-22-20-18-16-14-12-10-8-2/h7-44H2,1-6H3/q+2. The lowest BCUT2D eigenvalue weighted by Crippen LogP contribution is -2.41. The van der Waals surface area contributed by atoms with E-state index in [0.29, 0.717) is 0 Å². The van der Waals surface area contributed by atoms with Gasteiger partial charge in [-0.2, -0.15) is 0 Å².